The van der Waals surface area contributed by atoms with E-state index in [2.05, 4.69) is 46.6 Å². The average Bonchev–Trinajstić information content (AvgIpc) is 3.29. The first-order valence-electron chi connectivity index (χ1n) is 7.93. The molecule has 0 fully saturated rings. The van der Waals surface area contributed by atoms with E-state index in [-0.39, 0.29) is 10.2 Å². The van der Waals surface area contributed by atoms with Gasteiger partial charge in [-0.3, -0.25) is 0 Å². The monoisotopic (exact) mass is 453 g/mol. The topological polar surface area (TPSA) is 88.9 Å². The standard InChI is InChI=1S/C17H11BrF3N5O2/c18-12-7-11(3-4-13(12)28-17(19,20)21)22-8-9-1-2-10-6-15(27-14(10)5-9)16-23-25-26-24-16/h1-7,22H,8H2,(H,23,24,25,26). The van der Waals surface area contributed by atoms with Gasteiger partial charge in [0, 0.05) is 17.6 Å². The molecule has 4 rings (SSSR count). The fourth-order valence-electron chi connectivity index (χ4n) is 2.58. The lowest BCUT2D eigenvalue weighted by Crippen LogP contribution is -2.17. The number of fused-ring (bicyclic) bond motifs is 1. The van der Waals surface area contributed by atoms with Crippen LogP contribution in [0.15, 0.2) is 51.4 Å². The van der Waals surface area contributed by atoms with Gasteiger partial charge in [0.1, 0.15) is 11.3 Å². The Morgan fingerprint density at radius 3 is 2.71 bits per heavy atom. The summed E-state index contributed by atoms with van der Waals surface area (Å²) < 4.78 is 46.9. The number of H-pyrrole nitrogens is 1. The Hall–Kier alpha value is -3.08. The highest BCUT2D eigenvalue weighted by molar-refractivity contribution is 9.10. The Balaban J connectivity index is 1.47. The molecule has 0 unspecified atom stereocenters. The predicted molar refractivity (Wildman–Crippen MR) is 97.5 cm³/mol. The number of nitrogens with zero attached hydrogens (tertiary/aromatic N) is 3. The van der Waals surface area contributed by atoms with E-state index in [1.54, 1.807) is 0 Å². The summed E-state index contributed by atoms with van der Waals surface area (Å²) in [6.07, 6.45) is -4.74. The van der Waals surface area contributed by atoms with Crippen LogP contribution in [0, 0.1) is 0 Å². The first-order chi connectivity index (χ1) is 13.4. The van der Waals surface area contributed by atoms with Gasteiger partial charge in [-0.25, -0.2) is 0 Å². The number of alkyl halides is 3. The molecule has 2 heterocycles. The molecule has 11 heteroatoms. The van der Waals surface area contributed by atoms with Crippen molar-refractivity contribution in [3.8, 4) is 17.3 Å². The normalized spacial score (nSPS) is 11.7. The van der Waals surface area contributed by atoms with Crippen molar-refractivity contribution < 1.29 is 22.3 Å². The molecule has 0 saturated carbocycles. The number of anilines is 1. The molecule has 0 amide bonds. The molecule has 0 saturated heterocycles. The number of rotatable bonds is 5. The number of aromatic amines is 1. The third kappa shape index (κ3) is 4.09. The lowest BCUT2D eigenvalue weighted by molar-refractivity contribution is -0.274. The maximum absolute atomic E-state index is 12.3. The Bertz CT molecular complexity index is 1110. The second-order valence-electron chi connectivity index (χ2n) is 5.76. The maximum Gasteiger partial charge on any atom is 0.573 e. The SMILES string of the molecule is FC(F)(F)Oc1ccc(NCc2ccc3cc(-c4nn[nH]n4)oc3c2)cc1Br. The average molecular weight is 454 g/mol. The van der Waals surface area contributed by atoms with Crippen molar-refractivity contribution in [2.75, 3.05) is 5.32 Å². The summed E-state index contributed by atoms with van der Waals surface area (Å²) in [6.45, 7) is 0.445. The first-order valence-corrected chi connectivity index (χ1v) is 8.72. The minimum Gasteiger partial charge on any atom is -0.453 e. The molecule has 28 heavy (non-hydrogen) atoms. The molecule has 2 aromatic carbocycles. The molecular weight excluding hydrogens is 443 g/mol. The van der Waals surface area contributed by atoms with Crippen molar-refractivity contribution in [3.63, 3.8) is 0 Å². The number of tetrazole rings is 1. The summed E-state index contributed by atoms with van der Waals surface area (Å²) in [5.41, 5.74) is 2.22. The summed E-state index contributed by atoms with van der Waals surface area (Å²) in [4.78, 5) is 0. The second-order valence-corrected chi connectivity index (χ2v) is 6.62. The highest BCUT2D eigenvalue weighted by Crippen LogP contribution is 2.33. The fourth-order valence-corrected chi connectivity index (χ4v) is 3.04. The summed E-state index contributed by atoms with van der Waals surface area (Å²) >= 11 is 3.08. The van der Waals surface area contributed by atoms with Crippen molar-refractivity contribution in [1.82, 2.24) is 20.6 Å². The smallest absolute Gasteiger partial charge is 0.453 e. The highest BCUT2D eigenvalue weighted by Gasteiger charge is 2.31. The molecule has 0 aliphatic rings. The van der Waals surface area contributed by atoms with Crippen LogP contribution in [0.2, 0.25) is 0 Å². The van der Waals surface area contributed by atoms with Gasteiger partial charge >= 0.3 is 6.36 Å². The molecule has 2 N–H and O–H groups in total. The van der Waals surface area contributed by atoms with Gasteiger partial charge in [0.25, 0.3) is 0 Å². The molecule has 0 atom stereocenters. The number of nitrogens with one attached hydrogen (secondary N) is 2. The third-order valence-corrected chi connectivity index (χ3v) is 4.42. The van der Waals surface area contributed by atoms with Crippen LogP contribution < -0.4 is 10.1 Å². The van der Waals surface area contributed by atoms with Crippen molar-refractivity contribution in [1.29, 1.82) is 0 Å². The van der Waals surface area contributed by atoms with Crippen molar-refractivity contribution >= 4 is 32.6 Å². The van der Waals surface area contributed by atoms with Crippen LogP contribution in [-0.2, 0) is 6.54 Å². The van der Waals surface area contributed by atoms with Crippen molar-refractivity contribution in [3.05, 3.63) is 52.5 Å². The largest absolute Gasteiger partial charge is 0.573 e. The van der Waals surface area contributed by atoms with E-state index in [9.17, 15) is 13.2 Å². The summed E-state index contributed by atoms with van der Waals surface area (Å²) in [6, 6.07) is 11.8. The number of benzene rings is 2. The zero-order valence-electron chi connectivity index (χ0n) is 13.9. The van der Waals surface area contributed by atoms with Gasteiger partial charge in [-0.15, -0.1) is 23.4 Å². The van der Waals surface area contributed by atoms with Crippen LogP contribution >= 0.6 is 15.9 Å². The van der Waals surface area contributed by atoms with Gasteiger partial charge in [0.05, 0.1) is 4.47 Å². The number of aromatic nitrogens is 4. The predicted octanol–water partition coefficient (Wildman–Crippen LogP) is 4.89. The Labute approximate surface area is 164 Å². The number of hydrogen-bond acceptors (Lipinski definition) is 6. The Morgan fingerprint density at radius 2 is 2.00 bits per heavy atom. The quantitative estimate of drug-likeness (QED) is 0.447. The van der Waals surface area contributed by atoms with Gasteiger partial charge in [-0.05, 0) is 57.0 Å². The van der Waals surface area contributed by atoms with Gasteiger partial charge in [-0.2, -0.15) is 5.21 Å². The number of hydrogen-bond donors (Lipinski definition) is 2. The van der Waals surface area contributed by atoms with Crippen LogP contribution in [0.25, 0.3) is 22.6 Å². The van der Waals surface area contributed by atoms with E-state index in [0.29, 0.717) is 29.4 Å². The maximum atomic E-state index is 12.3. The molecule has 0 bridgehead atoms. The van der Waals surface area contributed by atoms with Crippen LogP contribution in [-0.4, -0.2) is 27.0 Å². The molecular formula is C17H11BrF3N5O2. The van der Waals surface area contributed by atoms with E-state index in [4.69, 9.17) is 4.42 Å². The van der Waals surface area contributed by atoms with Crippen LogP contribution in [0.1, 0.15) is 5.56 Å². The van der Waals surface area contributed by atoms with Crippen LogP contribution in [0.5, 0.6) is 5.75 Å². The van der Waals surface area contributed by atoms with Crippen LogP contribution in [0.4, 0.5) is 18.9 Å². The second kappa shape index (κ2) is 7.15. The fraction of sp³-hybridized carbons (Fsp3) is 0.118. The molecule has 7 nitrogen and oxygen atoms in total. The Kier molecular flexibility index (Phi) is 4.67. The van der Waals surface area contributed by atoms with Crippen molar-refractivity contribution in [2.24, 2.45) is 0 Å². The molecule has 0 aliphatic heterocycles. The molecule has 0 aliphatic carbocycles. The zero-order chi connectivity index (χ0) is 19.7. The van der Waals surface area contributed by atoms with Gasteiger partial charge < -0.3 is 14.5 Å². The minimum absolute atomic E-state index is 0.195. The van der Waals surface area contributed by atoms with E-state index in [1.165, 1.54) is 18.2 Å². The highest BCUT2D eigenvalue weighted by atomic mass is 79.9. The molecule has 2 aromatic heterocycles. The number of halogens is 4. The number of ether oxygens (including phenoxy) is 1. The molecule has 4 aromatic rings. The van der Waals surface area contributed by atoms with Gasteiger partial charge in [0.15, 0.2) is 5.76 Å². The van der Waals surface area contributed by atoms with Gasteiger partial charge in [0.2, 0.25) is 5.82 Å². The lowest BCUT2D eigenvalue weighted by Gasteiger charge is -2.12. The summed E-state index contributed by atoms with van der Waals surface area (Å²) in [5, 5.41) is 17.7. The zero-order valence-corrected chi connectivity index (χ0v) is 15.5. The minimum atomic E-state index is -4.74. The first kappa shape index (κ1) is 18.3. The lowest BCUT2D eigenvalue weighted by atomic mass is 10.1. The van der Waals surface area contributed by atoms with E-state index in [1.807, 2.05) is 24.3 Å². The summed E-state index contributed by atoms with van der Waals surface area (Å²) in [5.74, 6) is 0.559. The summed E-state index contributed by atoms with van der Waals surface area (Å²) in [7, 11) is 0. The third-order valence-electron chi connectivity index (χ3n) is 3.80. The van der Waals surface area contributed by atoms with E-state index < -0.39 is 6.36 Å². The van der Waals surface area contributed by atoms with E-state index in [0.717, 1.165) is 10.9 Å². The van der Waals surface area contributed by atoms with E-state index >= 15 is 0 Å². The molecule has 144 valence electrons. The molecule has 0 spiro atoms. The van der Waals surface area contributed by atoms with Crippen LogP contribution in [0.3, 0.4) is 0 Å². The number of furan rings is 1. The van der Waals surface area contributed by atoms with Gasteiger partial charge in [-0.1, -0.05) is 12.1 Å². The molecule has 0 radical (unpaired) electrons. The Morgan fingerprint density at radius 1 is 1.14 bits per heavy atom. The van der Waals surface area contributed by atoms with Crippen molar-refractivity contribution in [2.45, 2.75) is 12.9 Å².